The summed E-state index contributed by atoms with van der Waals surface area (Å²) < 4.78 is 0. The molecule has 0 saturated carbocycles. The molecule has 0 bridgehead atoms. The van der Waals surface area contributed by atoms with Crippen molar-refractivity contribution in [2.24, 2.45) is 0 Å². The van der Waals surface area contributed by atoms with Crippen LogP contribution in [0.2, 0.25) is 0 Å². The summed E-state index contributed by atoms with van der Waals surface area (Å²) in [5.74, 6) is 5.48. The number of unbranched alkanes of at least 4 members (excludes halogenated alkanes) is 7. The summed E-state index contributed by atoms with van der Waals surface area (Å²) >= 11 is 0. The standard InChI is InChI=1S/C18H28O2/c1-2-3-4-5-6-7-8-9-10-11-12-13-14-15-16-17-18(19)20/h5-8H,2-4,11-17H2,1H3,(H,19,20). The summed E-state index contributed by atoms with van der Waals surface area (Å²) in [5.41, 5.74) is 0. The molecule has 0 rings (SSSR count). The number of aliphatic carboxylic acids is 1. The SMILES string of the molecule is CCCCC=CC=CC#CCCCCCCCC(=O)O. The summed E-state index contributed by atoms with van der Waals surface area (Å²) in [6.07, 6.45) is 18.2. The average molecular weight is 276 g/mol. The Labute approximate surface area is 124 Å². The molecule has 0 radical (unpaired) electrons. The maximum absolute atomic E-state index is 10.3. The maximum Gasteiger partial charge on any atom is 0.303 e. The van der Waals surface area contributed by atoms with Gasteiger partial charge in [-0.2, -0.15) is 0 Å². The zero-order valence-electron chi connectivity index (χ0n) is 12.7. The van der Waals surface area contributed by atoms with Gasteiger partial charge in [-0.05, 0) is 25.3 Å². The Balaban J connectivity index is 3.34. The van der Waals surface area contributed by atoms with E-state index in [4.69, 9.17) is 5.11 Å². The lowest BCUT2D eigenvalue weighted by Gasteiger charge is -1.97. The van der Waals surface area contributed by atoms with E-state index in [0.717, 1.165) is 44.9 Å². The van der Waals surface area contributed by atoms with E-state index < -0.39 is 5.97 Å². The number of hydrogen-bond donors (Lipinski definition) is 1. The molecule has 0 aliphatic carbocycles. The second-order valence-corrected chi connectivity index (χ2v) is 4.91. The normalized spacial score (nSPS) is 10.8. The molecule has 0 amide bonds. The van der Waals surface area contributed by atoms with Crippen LogP contribution < -0.4 is 0 Å². The molecular weight excluding hydrogens is 248 g/mol. The summed E-state index contributed by atoms with van der Waals surface area (Å²) in [5, 5.41) is 8.49. The van der Waals surface area contributed by atoms with E-state index in [1.165, 1.54) is 12.8 Å². The molecule has 0 aromatic carbocycles. The molecule has 0 fully saturated rings. The van der Waals surface area contributed by atoms with Gasteiger partial charge in [-0.3, -0.25) is 4.79 Å². The predicted octanol–water partition coefficient (Wildman–Crippen LogP) is 5.11. The van der Waals surface area contributed by atoms with E-state index in [9.17, 15) is 4.79 Å². The van der Waals surface area contributed by atoms with Gasteiger partial charge in [0.1, 0.15) is 0 Å². The van der Waals surface area contributed by atoms with Gasteiger partial charge in [-0.25, -0.2) is 0 Å². The van der Waals surface area contributed by atoms with E-state index in [1.54, 1.807) is 0 Å². The summed E-state index contributed by atoms with van der Waals surface area (Å²) in [6, 6.07) is 0. The van der Waals surface area contributed by atoms with Gasteiger partial charge >= 0.3 is 5.97 Å². The third-order valence-corrected chi connectivity index (χ3v) is 2.95. The minimum absolute atomic E-state index is 0.302. The van der Waals surface area contributed by atoms with Crippen molar-refractivity contribution in [2.45, 2.75) is 71.1 Å². The third kappa shape index (κ3) is 16.5. The Bertz CT molecular complexity index is 342. The monoisotopic (exact) mass is 276 g/mol. The quantitative estimate of drug-likeness (QED) is 0.323. The van der Waals surface area contributed by atoms with E-state index in [-0.39, 0.29) is 0 Å². The van der Waals surface area contributed by atoms with Gasteiger partial charge in [0.15, 0.2) is 0 Å². The molecule has 0 aliphatic rings. The summed E-state index contributed by atoms with van der Waals surface area (Å²) in [7, 11) is 0. The molecule has 20 heavy (non-hydrogen) atoms. The van der Waals surface area contributed by atoms with Gasteiger partial charge in [-0.1, -0.05) is 69.1 Å². The van der Waals surface area contributed by atoms with Crippen molar-refractivity contribution < 1.29 is 9.90 Å². The molecule has 1 N–H and O–H groups in total. The molecule has 0 aromatic heterocycles. The first-order valence-corrected chi connectivity index (χ1v) is 7.79. The first-order valence-electron chi connectivity index (χ1n) is 7.79. The molecule has 0 spiro atoms. The lowest BCUT2D eigenvalue weighted by atomic mass is 10.1. The zero-order chi connectivity index (χ0) is 14.9. The van der Waals surface area contributed by atoms with Crippen LogP contribution in [0.25, 0.3) is 0 Å². The topological polar surface area (TPSA) is 37.3 Å². The van der Waals surface area contributed by atoms with E-state index >= 15 is 0 Å². The molecule has 2 nitrogen and oxygen atoms in total. The molecule has 0 aromatic rings. The highest BCUT2D eigenvalue weighted by atomic mass is 16.4. The fraction of sp³-hybridized carbons (Fsp3) is 0.611. The van der Waals surface area contributed by atoms with Crippen LogP contribution >= 0.6 is 0 Å². The van der Waals surface area contributed by atoms with Crippen LogP contribution in [0.3, 0.4) is 0 Å². The number of carboxylic acids is 1. The van der Waals surface area contributed by atoms with Gasteiger partial charge in [-0.15, -0.1) is 0 Å². The van der Waals surface area contributed by atoms with Crippen molar-refractivity contribution in [2.75, 3.05) is 0 Å². The Morgan fingerprint density at radius 2 is 1.80 bits per heavy atom. The lowest BCUT2D eigenvalue weighted by Crippen LogP contribution is -1.93. The maximum atomic E-state index is 10.3. The first-order chi connectivity index (χ1) is 9.77. The van der Waals surface area contributed by atoms with Gasteiger partial charge in [0.2, 0.25) is 0 Å². The van der Waals surface area contributed by atoms with E-state index in [0.29, 0.717) is 6.42 Å². The Kier molecular flexibility index (Phi) is 14.4. The minimum atomic E-state index is -0.689. The fourth-order valence-corrected chi connectivity index (χ4v) is 1.75. The fourth-order valence-electron chi connectivity index (χ4n) is 1.75. The number of rotatable bonds is 11. The Hall–Kier alpha value is -1.49. The van der Waals surface area contributed by atoms with Crippen molar-refractivity contribution in [3.8, 4) is 11.8 Å². The largest absolute Gasteiger partial charge is 0.481 e. The molecule has 0 saturated heterocycles. The Morgan fingerprint density at radius 3 is 2.55 bits per heavy atom. The van der Waals surface area contributed by atoms with Gasteiger partial charge < -0.3 is 5.11 Å². The molecule has 0 heterocycles. The number of carboxylic acid groups (broad SMARTS) is 1. The predicted molar refractivity (Wildman–Crippen MR) is 85.5 cm³/mol. The van der Waals surface area contributed by atoms with Crippen LogP contribution in [0.1, 0.15) is 71.1 Å². The van der Waals surface area contributed by atoms with Crippen LogP contribution in [0.15, 0.2) is 24.3 Å². The first kappa shape index (κ1) is 18.5. The van der Waals surface area contributed by atoms with Gasteiger partial charge in [0.25, 0.3) is 0 Å². The minimum Gasteiger partial charge on any atom is -0.481 e. The molecular formula is C18H28O2. The molecule has 0 aliphatic heterocycles. The summed E-state index contributed by atoms with van der Waals surface area (Å²) in [4.78, 5) is 10.3. The van der Waals surface area contributed by atoms with Crippen LogP contribution in [-0.4, -0.2) is 11.1 Å². The van der Waals surface area contributed by atoms with Crippen LogP contribution in [-0.2, 0) is 4.79 Å². The van der Waals surface area contributed by atoms with Crippen molar-refractivity contribution in [1.29, 1.82) is 0 Å². The van der Waals surface area contributed by atoms with Crippen molar-refractivity contribution in [1.82, 2.24) is 0 Å². The highest BCUT2D eigenvalue weighted by Gasteiger charge is 1.95. The average Bonchev–Trinajstić information content (AvgIpc) is 2.43. The number of hydrogen-bond acceptors (Lipinski definition) is 1. The number of carbonyl (C=O) groups is 1. The summed E-state index contributed by atoms with van der Waals surface area (Å²) in [6.45, 7) is 2.20. The lowest BCUT2D eigenvalue weighted by molar-refractivity contribution is -0.137. The number of allylic oxidation sites excluding steroid dienone is 4. The van der Waals surface area contributed by atoms with E-state index in [1.807, 2.05) is 12.2 Å². The molecule has 2 heteroatoms. The molecule has 112 valence electrons. The van der Waals surface area contributed by atoms with Crippen LogP contribution in [0, 0.1) is 11.8 Å². The second kappa shape index (κ2) is 15.6. The van der Waals surface area contributed by atoms with Crippen LogP contribution in [0.5, 0.6) is 0 Å². The zero-order valence-corrected chi connectivity index (χ0v) is 12.7. The van der Waals surface area contributed by atoms with Crippen molar-refractivity contribution >= 4 is 5.97 Å². The van der Waals surface area contributed by atoms with Gasteiger partial charge in [0, 0.05) is 12.8 Å². The highest BCUT2D eigenvalue weighted by molar-refractivity contribution is 5.66. The third-order valence-electron chi connectivity index (χ3n) is 2.95. The smallest absolute Gasteiger partial charge is 0.303 e. The Morgan fingerprint density at radius 1 is 1.05 bits per heavy atom. The molecule has 0 unspecified atom stereocenters. The second-order valence-electron chi connectivity index (χ2n) is 4.91. The van der Waals surface area contributed by atoms with E-state index in [2.05, 4.69) is 30.9 Å². The highest BCUT2D eigenvalue weighted by Crippen LogP contribution is 2.06. The van der Waals surface area contributed by atoms with Crippen molar-refractivity contribution in [3.63, 3.8) is 0 Å². The molecule has 0 atom stereocenters. The van der Waals surface area contributed by atoms with Gasteiger partial charge in [0.05, 0.1) is 0 Å². The van der Waals surface area contributed by atoms with Crippen LogP contribution in [0.4, 0.5) is 0 Å². The van der Waals surface area contributed by atoms with Crippen molar-refractivity contribution in [3.05, 3.63) is 24.3 Å².